The van der Waals surface area contributed by atoms with E-state index in [0.29, 0.717) is 0 Å². The minimum absolute atomic E-state index is 0.816. The van der Waals surface area contributed by atoms with Gasteiger partial charge in [-0.2, -0.15) is 5.10 Å². The van der Waals surface area contributed by atoms with Gasteiger partial charge in [-0.3, -0.25) is 4.99 Å². The summed E-state index contributed by atoms with van der Waals surface area (Å²) in [5.74, 6) is 0. The van der Waals surface area contributed by atoms with Gasteiger partial charge in [-0.05, 0) is 19.2 Å². The molecular formula is C10H11N5. The molecule has 0 saturated carbocycles. The van der Waals surface area contributed by atoms with E-state index in [0.717, 1.165) is 22.3 Å². The zero-order chi connectivity index (χ0) is 10.8. The van der Waals surface area contributed by atoms with Crippen LogP contribution in [0.1, 0.15) is 12.6 Å². The molecule has 2 rings (SSSR count). The minimum Gasteiger partial charge on any atom is -0.272 e. The second kappa shape index (κ2) is 3.61. The quantitative estimate of drug-likeness (QED) is 0.690. The van der Waals surface area contributed by atoms with Gasteiger partial charge in [0.1, 0.15) is 12.0 Å². The van der Waals surface area contributed by atoms with E-state index in [1.54, 1.807) is 17.1 Å². The summed E-state index contributed by atoms with van der Waals surface area (Å²) in [6.07, 6.45) is 4.94. The van der Waals surface area contributed by atoms with E-state index in [1.165, 1.54) is 6.33 Å². The summed E-state index contributed by atoms with van der Waals surface area (Å²) in [5, 5.41) is 5.29. The van der Waals surface area contributed by atoms with Crippen LogP contribution in [0, 0.1) is 0 Å². The average molecular weight is 201 g/mol. The highest BCUT2D eigenvalue weighted by atomic mass is 15.3. The fourth-order valence-corrected chi connectivity index (χ4v) is 1.49. The minimum atomic E-state index is 0.816. The predicted molar refractivity (Wildman–Crippen MR) is 59.5 cm³/mol. The molecule has 2 aromatic heterocycles. The standard InChI is InChI=1S/C10H11N5/c1-7(4-11-2)9-8-5-12-6-13-10(8)15(3)14-9/h4-6H,2H2,1,3H3/b7-4+. The lowest BCUT2D eigenvalue weighted by molar-refractivity contribution is 0.780. The number of hydrogen-bond acceptors (Lipinski definition) is 4. The third kappa shape index (κ3) is 1.52. The maximum Gasteiger partial charge on any atom is 0.161 e. The lowest BCUT2D eigenvalue weighted by Gasteiger charge is -1.93. The lowest BCUT2D eigenvalue weighted by atomic mass is 10.2. The van der Waals surface area contributed by atoms with Crippen molar-refractivity contribution in [1.82, 2.24) is 19.7 Å². The van der Waals surface area contributed by atoms with E-state index >= 15 is 0 Å². The largest absolute Gasteiger partial charge is 0.272 e. The molecule has 0 fully saturated rings. The van der Waals surface area contributed by atoms with Crippen LogP contribution in [0.4, 0.5) is 0 Å². The van der Waals surface area contributed by atoms with E-state index in [4.69, 9.17) is 0 Å². The van der Waals surface area contributed by atoms with Crippen molar-refractivity contribution >= 4 is 23.3 Å². The lowest BCUT2D eigenvalue weighted by Crippen LogP contribution is -1.92. The first kappa shape index (κ1) is 9.51. The van der Waals surface area contributed by atoms with Crippen LogP contribution < -0.4 is 0 Å². The van der Waals surface area contributed by atoms with Crippen LogP contribution in [-0.2, 0) is 7.05 Å². The molecule has 0 aliphatic rings. The Balaban J connectivity index is 2.72. The van der Waals surface area contributed by atoms with Crippen LogP contribution in [-0.4, -0.2) is 26.5 Å². The van der Waals surface area contributed by atoms with Crippen molar-refractivity contribution in [1.29, 1.82) is 0 Å². The van der Waals surface area contributed by atoms with Crippen LogP contribution >= 0.6 is 0 Å². The van der Waals surface area contributed by atoms with Crippen LogP contribution in [0.2, 0.25) is 0 Å². The van der Waals surface area contributed by atoms with Crippen molar-refractivity contribution in [2.45, 2.75) is 6.92 Å². The highest BCUT2D eigenvalue weighted by Gasteiger charge is 2.10. The second-order valence-corrected chi connectivity index (χ2v) is 3.23. The number of nitrogens with zero attached hydrogens (tertiary/aromatic N) is 5. The summed E-state index contributed by atoms with van der Waals surface area (Å²) in [6.45, 7) is 5.35. The highest BCUT2D eigenvalue weighted by Crippen LogP contribution is 2.21. The normalized spacial score (nSPS) is 12.0. The van der Waals surface area contributed by atoms with Crippen LogP contribution in [0.3, 0.4) is 0 Å². The van der Waals surface area contributed by atoms with Crippen LogP contribution in [0.25, 0.3) is 16.6 Å². The molecule has 0 atom stereocenters. The number of hydrogen-bond donors (Lipinski definition) is 0. The molecule has 0 N–H and O–H groups in total. The van der Waals surface area contributed by atoms with E-state index in [9.17, 15) is 0 Å². The van der Waals surface area contributed by atoms with Gasteiger partial charge in [0.25, 0.3) is 0 Å². The summed E-state index contributed by atoms with van der Waals surface area (Å²) in [7, 11) is 1.85. The Kier molecular flexibility index (Phi) is 2.29. The SMILES string of the molecule is C=N/C=C(\C)c1nn(C)c2ncncc12. The molecule has 2 heterocycles. The topological polar surface area (TPSA) is 56.0 Å². The van der Waals surface area contributed by atoms with E-state index in [-0.39, 0.29) is 0 Å². The van der Waals surface area contributed by atoms with Crippen molar-refractivity contribution in [3.63, 3.8) is 0 Å². The fourth-order valence-electron chi connectivity index (χ4n) is 1.49. The Morgan fingerprint density at radius 1 is 1.60 bits per heavy atom. The summed E-state index contributed by atoms with van der Waals surface area (Å²) in [6, 6.07) is 0. The summed E-state index contributed by atoms with van der Waals surface area (Å²) in [5.41, 5.74) is 2.61. The number of fused-ring (bicyclic) bond motifs is 1. The summed E-state index contributed by atoms with van der Waals surface area (Å²) >= 11 is 0. The third-order valence-electron chi connectivity index (χ3n) is 2.16. The number of aliphatic imine (C=N–C) groups is 1. The zero-order valence-electron chi connectivity index (χ0n) is 8.68. The molecule has 0 aromatic carbocycles. The monoisotopic (exact) mass is 201 g/mol. The summed E-state index contributed by atoms with van der Waals surface area (Å²) < 4.78 is 1.73. The average Bonchev–Trinajstić information content (AvgIpc) is 2.58. The molecule has 0 spiro atoms. The summed E-state index contributed by atoms with van der Waals surface area (Å²) in [4.78, 5) is 11.9. The van der Waals surface area contributed by atoms with Crippen LogP contribution in [0.15, 0.2) is 23.7 Å². The molecule has 0 radical (unpaired) electrons. The van der Waals surface area contributed by atoms with Gasteiger partial charge < -0.3 is 0 Å². The molecule has 0 aliphatic carbocycles. The Morgan fingerprint density at radius 3 is 3.13 bits per heavy atom. The van der Waals surface area contributed by atoms with Gasteiger partial charge in [0.2, 0.25) is 0 Å². The van der Waals surface area contributed by atoms with Crippen LogP contribution in [0.5, 0.6) is 0 Å². The molecule has 0 unspecified atom stereocenters. The molecule has 76 valence electrons. The van der Waals surface area contributed by atoms with Crippen molar-refractivity contribution in [3.8, 4) is 0 Å². The first-order valence-corrected chi connectivity index (χ1v) is 4.49. The maximum atomic E-state index is 4.37. The van der Waals surface area contributed by atoms with Gasteiger partial charge in [0, 0.05) is 19.4 Å². The first-order valence-electron chi connectivity index (χ1n) is 4.49. The van der Waals surface area contributed by atoms with Gasteiger partial charge in [0.05, 0.1) is 5.39 Å². The number of aryl methyl sites for hydroxylation is 1. The third-order valence-corrected chi connectivity index (χ3v) is 2.16. The Bertz CT molecular complexity index is 538. The van der Waals surface area contributed by atoms with Crippen molar-refractivity contribution in [2.24, 2.45) is 12.0 Å². The number of rotatable bonds is 2. The van der Waals surface area contributed by atoms with Crippen molar-refractivity contribution in [2.75, 3.05) is 0 Å². The van der Waals surface area contributed by atoms with Gasteiger partial charge in [0.15, 0.2) is 5.65 Å². The molecule has 0 saturated heterocycles. The number of allylic oxidation sites excluding steroid dienone is 1. The zero-order valence-corrected chi connectivity index (χ0v) is 8.68. The van der Waals surface area contributed by atoms with Gasteiger partial charge >= 0.3 is 0 Å². The number of aromatic nitrogens is 4. The fraction of sp³-hybridized carbons (Fsp3) is 0.200. The molecule has 0 aliphatic heterocycles. The molecule has 2 aromatic rings. The highest BCUT2D eigenvalue weighted by molar-refractivity contribution is 5.87. The smallest absolute Gasteiger partial charge is 0.161 e. The molecule has 15 heavy (non-hydrogen) atoms. The molecular weight excluding hydrogens is 190 g/mol. The van der Waals surface area contributed by atoms with E-state index < -0.39 is 0 Å². The second-order valence-electron chi connectivity index (χ2n) is 3.23. The van der Waals surface area contributed by atoms with Gasteiger partial charge in [-0.15, -0.1) is 0 Å². The Morgan fingerprint density at radius 2 is 2.40 bits per heavy atom. The first-order chi connectivity index (χ1) is 7.24. The maximum absolute atomic E-state index is 4.37. The molecule has 5 nitrogen and oxygen atoms in total. The van der Waals surface area contributed by atoms with E-state index in [2.05, 4.69) is 26.8 Å². The van der Waals surface area contributed by atoms with E-state index in [1.807, 2.05) is 14.0 Å². The van der Waals surface area contributed by atoms with Gasteiger partial charge in [-0.25, -0.2) is 14.6 Å². The van der Waals surface area contributed by atoms with Crippen molar-refractivity contribution < 1.29 is 0 Å². The Hall–Kier alpha value is -2.04. The predicted octanol–water partition coefficient (Wildman–Crippen LogP) is 1.42. The molecule has 0 amide bonds. The Labute approximate surface area is 87.2 Å². The van der Waals surface area contributed by atoms with Crippen molar-refractivity contribution in [3.05, 3.63) is 24.4 Å². The van der Waals surface area contributed by atoms with Gasteiger partial charge in [-0.1, -0.05) is 0 Å². The molecule has 0 bridgehead atoms. The molecule has 5 heteroatoms.